The Hall–Kier alpha value is -3.92. The molecule has 10 nitrogen and oxygen atoms in total. The lowest BCUT2D eigenvalue weighted by molar-refractivity contribution is -0.139. The normalized spacial score (nSPS) is 11.5. The Morgan fingerprint density at radius 3 is 2.55 bits per heavy atom. The molecule has 6 N–H and O–H groups in total. The van der Waals surface area contributed by atoms with Gasteiger partial charge in [-0.3, -0.25) is 4.79 Å². The molecule has 0 aromatic heterocycles. The topological polar surface area (TPSA) is 155 Å². The number of benzene rings is 2. The Balaban J connectivity index is 2.03. The molecule has 0 bridgehead atoms. The summed E-state index contributed by atoms with van der Waals surface area (Å²) >= 11 is 0. The molecular weight excluding hydrogens is 378 g/mol. The van der Waals surface area contributed by atoms with Crippen molar-refractivity contribution in [1.82, 2.24) is 10.7 Å². The van der Waals surface area contributed by atoms with E-state index >= 15 is 0 Å². The molecule has 0 fully saturated rings. The van der Waals surface area contributed by atoms with Crippen LogP contribution in [0.15, 0.2) is 53.5 Å². The summed E-state index contributed by atoms with van der Waals surface area (Å²) in [6.45, 7) is 0. The van der Waals surface area contributed by atoms with E-state index in [4.69, 9.17) is 5.84 Å². The van der Waals surface area contributed by atoms with E-state index < -0.39 is 18.1 Å². The van der Waals surface area contributed by atoms with Crippen molar-refractivity contribution in [1.29, 1.82) is 0 Å². The number of aliphatic imine (C=N–C) groups is 1. The van der Waals surface area contributed by atoms with E-state index in [1.807, 2.05) is 0 Å². The Bertz CT molecular complexity index is 898. The molecule has 0 heterocycles. The number of nitrogens with zero attached hydrogens (tertiary/aromatic N) is 1. The Kier molecular flexibility index (Phi) is 7.68. The Labute approximate surface area is 166 Å². The molecule has 29 heavy (non-hydrogen) atoms. The second kappa shape index (κ2) is 10.4. The van der Waals surface area contributed by atoms with Gasteiger partial charge in [0.25, 0.3) is 5.91 Å². The van der Waals surface area contributed by atoms with Gasteiger partial charge in [0, 0.05) is 17.7 Å². The van der Waals surface area contributed by atoms with Gasteiger partial charge in [0.05, 0.1) is 12.8 Å². The van der Waals surface area contributed by atoms with Gasteiger partial charge < -0.3 is 25.9 Å². The van der Waals surface area contributed by atoms with Crippen LogP contribution >= 0.6 is 0 Å². The first-order valence-electron chi connectivity index (χ1n) is 8.49. The fourth-order valence-electron chi connectivity index (χ4n) is 2.40. The monoisotopic (exact) mass is 399 g/mol. The van der Waals surface area contributed by atoms with E-state index in [1.54, 1.807) is 48.5 Å². The number of methoxy groups -OCH3 is 1. The summed E-state index contributed by atoms with van der Waals surface area (Å²) in [5.74, 6) is 3.62. The number of carbonyl (C=O) groups is 3. The number of nitrogens with one attached hydrogen (secondary N) is 3. The molecule has 2 rings (SSSR count). The first kappa shape index (κ1) is 21.4. The lowest BCUT2D eigenvalue weighted by Gasteiger charge is -2.14. The molecule has 152 valence electrons. The van der Waals surface area contributed by atoms with E-state index in [2.05, 4.69) is 25.8 Å². The zero-order valence-electron chi connectivity index (χ0n) is 15.6. The number of rotatable bonds is 8. The molecule has 1 unspecified atom stereocenters. The number of nitrogens with two attached hydrogens (primary N) is 1. The summed E-state index contributed by atoms with van der Waals surface area (Å²) in [6, 6.07) is 12.2. The highest BCUT2D eigenvalue weighted by atomic mass is 16.5. The molecule has 2 aromatic rings. The number of hydrogen-bond donors (Lipinski definition) is 5. The van der Waals surface area contributed by atoms with Crippen LogP contribution in [0.4, 0.5) is 16.2 Å². The lowest BCUT2D eigenvalue weighted by atomic mass is 10.1. The van der Waals surface area contributed by atoms with Gasteiger partial charge in [0.15, 0.2) is 0 Å². The van der Waals surface area contributed by atoms with Gasteiger partial charge in [0.2, 0.25) is 0 Å². The van der Waals surface area contributed by atoms with E-state index in [9.17, 15) is 19.5 Å². The number of alkyl carbamates (subject to hydrolysis) is 1. The molecule has 1 atom stereocenters. The fourth-order valence-corrected chi connectivity index (χ4v) is 2.40. The van der Waals surface area contributed by atoms with Crippen LogP contribution in [-0.2, 0) is 16.0 Å². The minimum absolute atomic E-state index is 0.0634. The maximum Gasteiger partial charge on any atom is 0.407 e. The predicted octanol–water partition coefficient (Wildman–Crippen LogP) is 1.41. The molecule has 2 aromatic carbocycles. The van der Waals surface area contributed by atoms with Crippen molar-refractivity contribution < 1.29 is 24.2 Å². The number of anilines is 1. The van der Waals surface area contributed by atoms with Gasteiger partial charge in [-0.25, -0.2) is 20.4 Å². The smallest absolute Gasteiger partial charge is 0.407 e. The highest BCUT2D eigenvalue weighted by Crippen LogP contribution is 2.16. The quantitative estimate of drug-likeness (QED) is 0.194. The Morgan fingerprint density at radius 1 is 1.21 bits per heavy atom. The standard InChI is InChI=1S/C19H21N5O5/c1-29-19(28)24-16(18(26)27)9-12-5-7-14(8-6-12)23-17(25)13-3-2-4-15(10-13)21-11-22-20/h2-8,10-11,16H,9,20H2,1H3,(H,21,22)(H,23,25)(H,24,28)(H,26,27). The number of hydrazine groups is 1. The van der Waals surface area contributed by atoms with Crippen molar-refractivity contribution in [3.8, 4) is 0 Å². The summed E-state index contributed by atoms with van der Waals surface area (Å²) in [5.41, 5.74) is 4.45. The fraction of sp³-hybridized carbons (Fsp3) is 0.158. The minimum atomic E-state index is -1.18. The average Bonchev–Trinajstić information content (AvgIpc) is 2.73. The van der Waals surface area contributed by atoms with E-state index in [1.165, 1.54) is 6.34 Å². The highest BCUT2D eigenvalue weighted by Gasteiger charge is 2.20. The highest BCUT2D eigenvalue weighted by molar-refractivity contribution is 6.04. The molecule has 0 radical (unpaired) electrons. The van der Waals surface area contributed by atoms with Gasteiger partial charge in [-0.15, -0.1) is 0 Å². The summed E-state index contributed by atoms with van der Waals surface area (Å²) in [5, 5.41) is 14.2. The van der Waals surface area contributed by atoms with Crippen LogP contribution in [0.5, 0.6) is 0 Å². The number of aliphatic carboxylic acids is 1. The molecule has 0 aliphatic heterocycles. The maximum atomic E-state index is 12.4. The van der Waals surface area contributed by atoms with Gasteiger partial charge in [-0.2, -0.15) is 0 Å². The molecule has 0 aliphatic rings. The van der Waals surface area contributed by atoms with Gasteiger partial charge in [-0.05, 0) is 35.9 Å². The van der Waals surface area contributed by atoms with E-state index in [0.717, 1.165) is 7.11 Å². The molecule has 10 heteroatoms. The summed E-state index contributed by atoms with van der Waals surface area (Å²) < 4.78 is 4.42. The summed E-state index contributed by atoms with van der Waals surface area (Å²) in [4.78, 5) is 38.9. The summed E-state index contributed by atoms with van der Waals surface area (Å²) in [7, 11) is 1.16. The second-order valence-electron chi connectivity index (χ2n) is 5.86. The van der Waals surface area contributed by atoms with Crippen molar-refractivity contribution in [2.24, 2.45) is 10.8 Å². The third-order valence-electron chi connectivity index (χ3n) is 3.82. The molecule has 0 saturated carbocycles. The number of hydrogen-bond acceptors (Lipinski definition) is 6. The lowest BCUT2D eigenvalue weighted by Crippen LogP contribution is -2.42. The number of amides is 2. The number of carboxylic acid groups (broad SMARTS) is 1. The first-order chi connectivity index (χ1) is 13.9. The third kappa shape index (κ3) is 6.63. The number of carbonyl (C=O) groups excluding carboxylic acids is 2. The van der Waals surface area contributed by atoms with E-state index in [-0.39, 0.29) is 12.3 Å². The number of carboxylic acids is 1. The van der Waals surface area contributed by atoms with Crippen LogP contribution in [0.1, 0.15) is 15.9 Å². The van der Waals surface area contributed by atoms with E-state index in [0.29, 0.717) is 22.5 Å². The van der Waals surface area contributed by atoms with Crippen LogP contribution < -0.4 is 21.9 Å². The van der Waals surface area contributed by atoms with Crippen molar-refractivity contribution in [3.63, 3.8) is 0 Å². The van der Waals surface area contributed by atoms with Crippen LogP contribution in [0, 0.1) is 0 Å². The van der Waals surface area contributed by atoms with Crippen LogP contribution in [-0.4, -0.2) is 42.6 Å². The molecule has 0 saturated heterocycles. The van der Waals surface area contributed by atoms with Gasteiger partial charge in [0.1, 0.15) is 12.4 Å². The number of ether oxygens (including phenoxy) is 1. The van der Waals surface area contributed by atoms with Crippen LogP contribution in [0.25, 0.3) is 0 Å². The minimum Gasteiger partial charge on any atom is -0.480 e. The van der Waals surface area contributed by atoms with Gasteiger partial charge >= 0.3 is 12.1 Å². The molecule has 0 spiro atoms. The first-order valence-corrected chi connectivity index (χ1v) is 8.49. The van der Waals surface area contributed by atoms with Crippen molar-refractivity contribution in [2.75, 3.05) is 12.4 Å². The zero-order chi connectivity index (χ0) is 21.2. The third-order valence-corrected chi connectivity index (χ3v) is 3.82. The van der Waals surface area contributed by atoms with Crippen LogP contribution in [0.2, 0.25) is 0 Å². The molecule has 0 aliphatic carbocycles. The summed E-state index contributed by atoms with van der Waals surface area (Å²) in [6.07, 6.45) is 0.540. The van der Waals surface area contributed by atoms with Crippen molar-refractivity contribution in [2.45, 2.75) is 12.5 Å². The largest absolute Gasteiger partial charge is 0.480 e. The Morgan fingerprint density at radius 2 is 1.93 bits per heavy atom. The molecule has 2 amide bonds. The van der Waals surface area contributed by atoms with Crippen molar-refractivity contribution in [3.05, 3.63) is 59.7 Å². The van der Waals surface area contributed by atoms with Crippen LogP contribution in [0.3, 0.4) is 0 Å². The maximum absolute atomic E-state index is 12.4. The SMILES string of the molecule is COC(=O)NC(Cc1ccc(NC(=O)c2cccc(N=CNN)c2)cc1)C(=O)O. The second-order valence-corrected chi connectivity index (χ2v) is 5.86. The van der Waals surface area contributed by atoms with Gasteiger partial charge in [-0.1, -0.05) is 18.2 Å². The molecular formula is C19H21N5O5. The van der Waals surface area contributed by atoms with Crippen molar-refractivity contribution >= 4 is 35.7 Å². The predicted molar refractivity (Wildman–Crippen MR) is 107 cm³/mol. The zero-order valence-corrected chi connectivity index (χ0v) is 15.6. The average molecular weight is 399 g/mol.